The maximum atomic E-state index is 12.3. The monoisotopic (exact) mass is 321 g/mol. The number of hydrogen-bond acceptors (Lipinski definition) is 6. The van der Waals surface area contributed by atoms with E-state index in [1.807, 2.05) is 6.07 Å². The third-order valence-corrected chi connectivity index (χ3v) is 3.32. The first-order chi connectivity index (χ1) is 11.8. The Bertz CT molecular complexity index is 957. The first-order valence-corrected chi connectivity index (χ1v) is 7.07. The van der Waals surface area contributed by atoms with Crippen LogP contribution in [0.4, 0.5) is 5.69 Å². The predicted molar refractivity (Wildman–Crippen MR) is 84.0 cm³/mol. The fourth-order valence-corrected chi connectivity index (χ4v) is 2.22. The van der Waals surface area contributed by atoms with Gasteiger partial charge >= 0.3 is 0 Å². The first kappa shape index (κ1) is 13.9. The van der Waals surface area contributed by atoms with Crippen LogP contribution in [0.2, 0.25) is 0 Å². The zero-order valence-corrected chi connectivity index (χ0v) is 12.3. The lowest BCUT2D eigenvalue weighted by molar-refractivity contribution is 0.102. The molecule has 0 spiro atoms. The van der Waals surface area contributed by atoms with Gasteiger partial charge in [0.05, 0.1) is 6.26 Å². The quantitative estimate of drug-likeness (QED) is 0.598. The molecule has 0 fully saturated rings. The second-order valence-corrected chi connectivity index (χ2v) is 4.92. The van der Waals surface area contributed by atoms with Crippen LogP contribution in [0.15, 0.2) is 64.0 Å². The number of nitrogens with one attached hydrogen (secondary N) is 2. The number of anilines is 1. The molecule has 24 heavy (non-hydrogen) atoms. The Morgan fingerprint density at radius 2 is 2.08 bits per heavy atom. The molecule has 1 aromatic carbocycles. The van der Waals surface area contributed by atoms with E-state index in [1.165, 1.54) is 6.39 Å². The molecule has 0 saturated carbocycles. The number of carbonyl (C=O) groups is 1. The summed E-state index contributed by atoms with van der Waals surface area (Å²) in [5.74, 6) is 0.651. The molecule has 1 amide bonds. The molecule has 8 nitrogen and oxygen atoms in total. The number of furan rings is 1. The van der Waals surface area contributed by atoms with Gasteiger partial charge in [-0.2, -0.15) is 5.10 Å². The van der Waals surface area contributed by atoms with Crippen molar-refractivity contribution in [3.05, 3.63) is 60.8 Å². The van der Waals surface area contributed by atoms with Gasteiger partial charge in [0.25, 0.3) is 5.91 Å². The minimum Gasteiger partial charge on any atom is -0.463 e. The second-order valence-electron chi connectivity index (χ2n) is 4.92. The van der Waals surface area contributed by atoms with E-state index in [-0.39, 0.29) is 11.6 Å². The molecule has 0 aliphatic carbocycles. The van der Waals surface area contributed by atoms with Gasteiger partial charge in [-0.05, 0) is 30.3 Å². The van der Waals surface area contributed by atoms with Crippen LogP contribution in [0, 0.1) is 0 Å². The Balaban J connectivity index is 1.53. The van der Waals surface area contributed by atoms with Crippen LogP contribution in [-0.2, 0) is 0 Å². The van der Waals surface area contributed by atoms with E-state index in [0.717, 1.165) is 0 Å². The lowest BCUT2D eigenvalue weighted by Gasteiger charge is -2.04. The molecule has 118 valence electrons. The number of benzene rings is 1. The zero-order chi connectivity index (χ0) is 16.4. The summed E-state index contributed by atoms with van der Waals surface area (Å²) in [7, 11) is 0. The molecule has 0 aliphatic heterocycles. The number of carbonyl (C=O) groups excluding carboxylic acids is 1. The van der Waals surface area contributed by atoms with Gasteiger partial charge in [-0.15, -0.1) is 10.2 Å². The van der Waals surface area contributed by atoms with Gasteiger partial charge in [0.15, 0.2) is 11.5 Å². The normalized spacial score (nSPS) is 10.7. The van der Waals surface area contributed by atoms with Crippen LogP contribution in [0.3, 0.4) is 0 Å². The van der Waals surface area contributed by atoms with Crippen molar-refractivity contribution in [2.75, 3.05) is 5.32 Å². The van der Waals surface area contributed by atoms with E-state index >= 15 is 0 Å². The Labute approximate surface area is 135 Å². The Morgan fingerprint density at radius 3 is 2.88 bits per heavy atom. The van der Waals surface area contributed by atoms with E-state index < -0.39 is 0 Å². The average molecular weight is 321 g/mol. The molecule has 0 radical (unpaired) electrons. The fourth-order valence-electron chi connectivity index (χ4n) is 2.22. The number of hydrogen-bond donors (Lipinski definition) is 2. The fraction of sp³-hybridized carbons (Fsp3) is 0. The minimum atomic E-state index is -0.341. The molecule has 4 rings (SSSR count). The van der Waals surface area contributed by atoms with Crippen LogP contribution in [0.1, 0.15) is 10.5 Å². The number of nitrogens with zero attached hydrogens (tertiary/aromatic N) is 3. The molecule has 0 unspecified atom stereocenters. The summed E-state index contributed by atoms with van der Waals surface area (Å²) in [5, 5.41) is 17.0. The summed E-state index contributed by atoms with van der Waals surface area (Å²) in [6.07, 6.45) is 2.80. The molecule has 0 aliphatic rings. The van der Waals surface area contributed by atoms with Crippen molar-refractivity contribution in [2.24, 2.45) is 0 Å². The SMILES string of the molecule is O=C(Nc1cccc(-c2nnco2)c1)c1cc(-c2ccco2)[nH]n1. The maximum absolute atomic E-state index is 12.3. The topological polar surface area (TPSA) is 110 Å². The summed E-state index contributed by atoms with van der Waals surface area (Å²) in [5.41, 5.74) is 2.19. The van der Waals surface area contributed by atoms with E-state index in [1.54, 1.807) is 42.7 Å². The number of amides is 1. The van der Waals surface area contributed by atoms with Gasteiger partial charge < -0.3 is 14.2 Å². The van der Waals surface area contributed by atoms with Crippen LogP contribution < -0.4 is 5.32 Å². The van der Waals surface area contributed by atoms with Crippen LogP contribution in [0.5, 0.6) is 0 Å². The molecule has 4 aromatic rings. The third-order valence-electron chi connectivity index (χ3n) is 3.32. The van der Waals surface area contributed by atoms with Crippen LogP contribution >= 0.6 is 0 Å². The highest BCUT2D eigenvalue weighted by Crippen LogP contribution is 2.21. The number of H-pyrrole nitrogens is 1. The Morgan fingerprint density at radius 1 is 1.12 bits per heavy atom. The van der Waals surface area contributed by atoms with Crippen molar-refractivity contribution in [1.82, 2.24) is 20.4 Å². The molecule has 3 heterocycles. The molecule has 0 bridgehead atoms. The van der Waals surface area contributed by atoms with Gasteiger partial charge in [0, 0.05) is 17.3 Å². The highest BCUT2D eigenvalue weighted by Gasteiger charge is 2.13. The molecule has 0 atom stereocenters. The van der Waals surface area contributed by atoms with E-state index in [0.29, 0.717) is 28.6 Å². The lowest BCUT2D eigenvalue weighted by Crippen LogP contribution is -2.12. The summed E-state index contributed by atoms with van der Waals surface area (Å²) < 4.78 is 10.4. The van der Waals surface area contributed by atoms with Crippen molar-refractivity contribution in [3.8, 4) is 22.9 Å². The Kier molecular flexibility index (Phi) is 3.39. The molecular formula is C16H11N5O3. The third kappa shape index (κ3) is 2.68. The van der Waals surface area contributed by atoms with E-state index in [4.69, 9.17) is 8.83 Å². The summed E-state index contributed by atoms with van der Waals surface area (Å²) in [4.78, 5) is 12.3. The first-order valence-electron chi connectivity index (χ1n) is 7.07. The highest BCUT2D eigenvalue weighted by molar-refractivity contribution is 6.03. The molecule has 2 N–H and O–H groups in total. The van der Waals surface area contributed by atoms with Crippen molar-refractivity contribution in [3.63, 3.8) is 0 Å². The largest absolute Gasteiger partial charge is 0.463 e. The van der Waals surface area contributed by atoms with E-state index in [9.17, 15) is 4.79 Å². The van der Waals surface area contributed by atoms with Gasteiger partial charge in [-0.3, -0.25) is 9.89 Å². The van der Waals surface area contributed by atoms with Crippen LogP contribution in [0.25, 0.3) is 22.9 Å². The van der Waals surface area contributed by atoms with Gasteiger partial charge in [0.1, 0.15) is 5.69 Å². The molecular weight excluding hydrogens is 310 g/mol. The summed E-state index contributed by atoms with van der Waals surface area (Å²) >= 11 is 0. The molecule has 0 saturated heterocycles. The highest BCUT2D eigenvalue weighted by atomic mass is 16.4. The van der Waals surface area contributed by atoms with E-state index in [2.05, 4.69) is 25.7 Å². The smallest absolute Gasteiger partial charge is 0.276 e. The van der Waals surface area contributed by atoms with Gasteiger partial charge in [-0.25, -0.2) is 0 Å². The lowest BCUT2D eigenvalue weighted by atomic mass is 10.2. The minimum absolute atomic E-state index is 0.254. The predicted octanol–water partition coefficient (Wildman–Crippen LogP) is 2.97. The summed E-state index contributed by atoms with van der Waals surface area (Å²) in [6, 6.07) is 12.3. The average Bonchev–Trinajstić information content (AvgIpc) is 3.36. The number of rotatable bonds is 4. The maximum Gasteiger partial charge on any atom is 0.276 e. The zero-order valence-electron chi connectivity index (χ0n) is 12.3. The van der Waals surface area contributed by atoms with Crippen LogP contribution in [-0.4, -0.2) is 26.3 Å². The second kappa shape index (κ2) is 5.84. The molecule has 8 heteroatoms. The van der Waals surface area contributed by atoms with Crippen molar-refractivity contribution >= 4 is 11.6 Å². The number of aromatic amines is 1. The van der Waals surface area contributed by atoms with Gasteiger partial charge in [0.2, 0.25) is 12.3 Å². The van der Waals surface area contributed by atoms with Crippen molar-refractivity contribution in [2.45, 2.75) is 0 Å². The number of aromatic nitrogens is 4. The van der Waals surface area contributed by atoms with Crippen molar-refractivity contribution in [1.29, 1.82) is 0 Å². The summed E-state index contributed by atoms with van der Waals surface area (Å²) in [6.45, 7) is 0. The van der Waals surface area contributed by atoms with Gasteiger partial charge in [-0.1, -0.05) is 6.07 Å². The molecule has 3 aromatic heterocycles. The Hall–Kier alpha value is -3.68. The standard InChI is InChI=1S/C16H11N5O3/c22-15(13-8-12(19-20-13)14-5-2-6-23-14)18-11-4-1-3-10(7-11)16-21-17-9-24-16/h1-9H,(H,18,22)(H,19,20). The van der Waals surface area contributed by atoms with Crippen molar-refractivity contribution < 1.29 is 13.6 Å².